The van der Waals surface area contributed by atoms with Crippen LogP contribution < -0.4 is 5.32 Å². The van der Waals surface area contributed by atoms with Crippen molar-refractivity contribution < 1.29 is 9.90 Å². The van der Waals surface area contributed by atoms with Crippen LogP contribution in [0.4, 0.5) is 0 Å². The molecule has 0 heterocycles. The standard InChI is InChI=1S/C17H21NO2/c1-13-4-5-15(11-13)12-18-17(20)16-8-6-14(7-9-16)3-2-10-19/h6-9,13,15,19H,4-5,10-12H2,1H3,(H,18,20). The maximum absolute atomic E-state index is 12.0. The average Bonchev–Trinajstić information content (AvgIpc) is 2.89. The Bertz CT molecular complexity index is 510. The number of benzene rings is 1. The minimum Gasteiger partial charge on any atom is -0.384 e. The number of carbonyl (C=O) groups excluding carboxylic acids is 1. The summed E-state index contributed by atoms with van der Waals surface area (Å²) in [6.07, 6.45) is 3.71. The second kappa shape index (κ2) is 7.12. The number of aliphatic hydroxyl groups is 1. The number of amides is 1. The van der Waals surface area contributed by atoms with Crippen LogP contribution in [0.15, 0.2) is 24.3 Å². The molecule has 0 bridgehead atoms. The summed E-state index contributed by atoms with van der Waals surface area (Å²) >= 11 is 0. The Morgan fingerprint density at radius 1 is 1.35 bits per heavy atom. The minimum absolute atomic E-state index is 0.0220. The summed E-state index contributed by atoms with van der Waals surface area (Å²) in [5.41, 5.74) is 1.46. The summed E-state index contributed by atoms with van der Waals surface area (Å²) in [5.74, 6) is 6.79. The Balaban J connectivity index is 1.86. The van der Waals surface area contributed by atoms with Crippen LogP contribution in [0.2, 0.25) is 0 Å². The Morgan fingerprint density at radius 3 is 2.70 bits per heavy atom. The molecule has 1 aromatic rings. The maximum atomic E-state index is 12.0. The third kappa shape index (κ3) is 4.11. The van der Waals surface area contributed by atoms with Gasteiger partial charge in [-0.2, -0.15) is 0 Å². The molecule has 0 radical (unpaired) electrons. The van der Waals surface area contributed by atoms with E-state index in [0.717, 1.165) is 18.0 Å². The summed E-state index contributed by atoms with van der Waals surface area (Å²) < 4.78 is 0. The van der Waals surface area contributed by atoms with E-state index < -0.39 is 0 Å². The van der Waals surface area contributed by atoms with Gasteiger partial charge < -0.3 is 10.4 Å². The molecule has 2 unspecified atom stereocenters. The highest BCUT2D eigenvalue weighted by atomic mass is 16.2. The van der Waals surface area contributed by atoms with Crippen molar-refractivity contribution in [3.05, 3.63) is 35.4 Å². The molecule has 2 rings (SSSR count). The monoisotopic (exact) mass is 271 g/mol. The molecular weight excluding hydrogens is 250 g/mol. The van der Waals surface area contributed by atoms with E-state index in [4.69, 9.17) is 5.11 Å². The number of rotatable bonds is 3. The molecule has 0 aliphatic heterocycles. The lowest BCUT2D eigenvalue weighted by Crippen LogP contribution is -2.28. The molecule has 2 atom stereocenters. The van der Waals surface area contributed by atoms with Crippen LogP contribution in [-0.2, 0) is 0 Å². The van der Waals surface area contributed by atoms with Crippen LogP contribution in [0, 0.1) is 23.7 Å². The molecule has 1 aliphatic carbocycles. The van der Waals surface area contributed by atoms with E-state index in [-0.39, 0.29) is 12.5 Å². The number of aliphatic hydroxyl groups excluding tert-OH is 1. The van der Waals surface area contributed by atoms with Gasteiger partial charge in [-0.3, -0.25) is 4.79 Å². The van der Waals surface area contributed by atoms with Crippen LogP contribution in [0.3, 0.4) is 0 Å². The fourth-order valence-corrected chi connectivity index (χ4v) is 2.70. The predicted molar refractivity (Wildman–Crippen MR) is 79.2 cm³/mol. The zero-order valence-electron chi connectivity index (χ0n) is 11.9. The maximum Gasteiger partial charge on any atom is 0.251 e. The molecule has 20 heavy (non-hydrogen) atoms. The molecule has 2 N–H and O–H groups in total. The van der Waals surface area contributed by atoms with E-state index in [2.05, 4.69) is 24.1 Å². The van der Waals surface area contributed by atoms with Gasteiger partial charge in [0.15, 0.2) is 0 Å². The normalized spacial score (nSPS) is 21.1. The van der Waals surface area contributed by atoms with Crippen LogP contribution in [0.5, 0.6) is 0 Å². The lowest BCUT2D eigenvalue weighted by atomic mass is 10.1. The van der Waals surface area contributed by atoms with Gasteiger partial charge in [0.25, 0.3) is 5.91 Å². The molecule has 106 valence electrons. The van der Waals surface area contributed by atoms with Gasteiger partial charge in [0, 0.05) is 17.7 Å². The van der Waals surface area contributed by atoms with Gasteiger partial charge in [-0.1, -0.05) is 25.2 Å². The molecule has 0 aromatic heterocycles. The highest BCUT2D eigenvalue weighted by molar-refractivity contribution is 5.94. The van der Waals surface area contributed by atoms with Crippen LogP contribution in [-0.4, -0.2) is 24.2 Å². The van der Waals surface area contributed by atoms with Gasteiger partial charge >= 0.3 is 0 Å². The Morgan fingerprint density at radius 2 is 2.10 bits per heavy atom. The second-order valence-corrected chi connectivity index (χ2v) is 5.53. The Labute approximate surface area is 120 Å². The zero-order chi connectivity index (χ0) is 14.4. The van der Waals surface area contributed by atoms with E-state index in [9.17, 15) is 4.79 Å². The molecular formula is C17H21NO2. The van der Waals surface area contributed by atoms with Crippen molar-refractivity contribution in [1.29, 1.82) is 0 Å². The first kappa shape index (κ1) is 14.6. The molecule has 1 aliphatic rings. The molecule has 3 nitrogen and oxygen atoms in total. The molecule has 1 saturated carbocycles. The van der Waals surface area contributed by atoms with Crippen molar-refractivity contribution in [2.75, 3.05) is 13.2 Å². The van der Waals surface area contributed by atoms with Crippen molar-refractivity contribution in [1.82, 2.24) is 5.32 Å². The summed E-state index contributed by atoms with van der Waals surface area (Å²) in [5, 5.41) is 11.6. The topological polar surface area (TPSA) is 49.3 Å². The van der Waals surface area contributed by atoms with Crippen molar-refractivity contribution in [3.63, 3.8) is 0 Å². The number of hydrogen-bond donors (Lipinski definition) is 2. The SMILES string of the molecule is CC1CCC(CNC(=O)c2ccc(C#CCO)cc2)C1. The quantitative estimate of drug-likeness (QED) is 0.828. The lowest BCUT2D eigenvalue weighted by Gasteiger charge is -2.11. The van der Waals surface area contributed by atoms with Gasteiger partial charge in [-0.25, -0.2) is 0 Å². The van der Waals surface area contributed by atoms with E-state index in [1.807, 2.05) is 0 Å². The number of carbonyl (C=O) groups is 1. The van der Waals surface area contributed by atoms with Crippen LogP contribution in [0.25, 0.3) is 0 Å². The second-order valence-electron chi connectivity index (χ2n) is 5.53. The van der Waals surface area contributed by atoms with Crippen molar-refractivity contribution >= 4 is 5.91 Å². The number of hydrogen-bond acceptors (Lipinski definition) is 2. The molecule has 1 fully saturated rings. The zero-order valence-corrected chi connectivity index (χ0v) is 11.9. The van der Waals surface area contributed by atoms with Crippen LogP contribution >= 0.6 is 0 Å². The molecule has 1 aromatic carbocycles. The summed E-state index contributed by atoms with van der Waals surface area (Å²) in [7, 11) is 0. The smallest absolute Gasteiger partial charge is 0.251 e. The van der Waals surface area contributed by atoms with E-state index >= 15 is 0 Å². The first-order valence-corrected chi connectivity index (χ1v) is 7.17. The summed E-state index contributed by atoms with van der Waals surface area (Å²) in [4.78, 5) is 12.0. The van der Waals surface area contributed by atoms with Crippen molar-refractivity contribution in [3.8, 4) is 11.8 Å². The lowest BCUT2D eigenvalue weighted by molar-refractivity contribution is 0.0947. The third-order valence-corrected chi connectivity index (χ3v) is 3.81. The van der Waals surface area contributed by atoms with Crippen LogP contribution in [0.1, 0.15) is 42.1 Å². The molecule has 0 spiro atoms. The first-order valence-electron chi connectivity index (χ1n) is 7.17. The number of nitrogens with one attached hydrogen (secondary N) is 1. The van der Waals surface area contributed by atoms with Gasteiger partial charge in [0.1, 0.15) is 6.61 Å². The molecule has 0 saturated heterocycles. The third-order valence-electron chi connectivity index (χ3n) is 3.81. The van der Waals surface area contributed by atoms with E-state index in [1.165, 1.54) is 19.3 Å². The fraction of sp³-hybridized carbons (Fsp3) is 0.471. The molecule has 1 amide bonds. The summed E-state index contributed by atoms with van der Waals surface area (Å²) in [6, 6.07) is 7.15. The van der Waals surface area contributed by atoms with Gasteiger partial charge in [0.2, 0.25) is 0 Å². The summed E-state index contributed by atoms with van der Waals surface area (Å²) in [6.45, 7) is 2.89. The van der Waals surface area contributed by atoms with Crippen molar-refractivity contribution in [2.45, 2.75) is 26.2 Å². The van der Waals surface area contributed by atoms with E-state index in [1.54, 1.807) is 24.3 Å². The van der Waals surface area contributed by atoms with Gasteiger partial charge in [0.05, 0.1) is 0 Å². The van der Waals surface area contributed by atoms with Gasteiger partial charge in [-0.05, 0) is 48.9 Å². The largest absolute Gasteiger partial charge is 0.384 e. The highest BCUT2D eigenvalue weighted by Crippen LogP contribution is 2.29. The fourth-order valence-electron chi connectivity index (χ4n) is 2.70. The predicted octanol–water partition coefficient (Wildman–Crippen LogP) is 2.20. The Hall–Kier alpha value is -1.79. The van der Waals surface area contributed by atoms with E-state index in [0.29, 0.717) is 11.5 Å². The Kier molecular flexibility index (Phi) is 5.20. The molecule has 3 heteroatoms. The highest BCUT2D eigenvalue weighted by Gasteiger charge is 2.21. The van der Waals surface area contributed by atoms with Gasteiger partial charge in [-0.15, -0.1) is 0 Å². The van der Waals surface area contributed by atoms with Crippen molar-refractivity contribution in [2.24, 2.45) is 11.8 Å². The first-order chi connectivity index (χ1) is 9.69. The minimum atomic E-state index is -0.151. The average molecular weight is 271 g/mol.